The first-order valence-corrected chi connectivity index (χ1v) is 9.24. The van der Waals surface area contributed by atoms with Crippen molar-refractivity contribution in [3.8, 4) is 0 Å². The van der Waals surface area contributed by atoms with E-state index in [9.17, 15) is 4.79 Å². The van der Waals surface area contributed by atoms with Gasteiger partial charge in [-0.2, -0.15) is 0 Å². The Balaban J connectivity index is 1.80. The van der Waals surface area contributed by atoms with E-state index in [2.05, 4.69) is 15.5 Å². The number of hydrogen-bond acceptors (Lipinski definition) is 4. The van der Waals surface area contributed by atoms with Crippen molar-refractivity contribution < 1.29 is 4.79 Å². The van der Waals surface area contributed by atoms with Crippen LogP contribution >= 0.6 is 35.0 Å². The number of halogens is 2. The number of para-hydroxylation sites is 1. The highest BCUT2D eigenvalue weighted by atomic mass is 35.5. The van der Waals surface area contributed by atoms with Crippen molar-refractivity contribution in [3.63, 3.8) is 0 Å². The summed E-state index contributed by atoms with van der Waals surface area (Å²) >= 11 is 13.5. The van der Waals surface area contributed by atoms with Crippen molar-refractivity contribution in [1.29, 1.82) is 0 Å². The van der Waals surface area contributed by atoms with Crippen molar-refractivity contribution in [1.82, 2.24) is 14.6 Å². The molecule has 3 aromatic rings. The number of anilines is 1. The quantitative estimate of drug-likeness (QED) is 0.647. The maximum absolute atomic E-state index is 12.6. The molecule has 1 amide bonds. The van der Waals surface area contributed by atoms with Crippen LogP contribution < -0.4 is 5.32 Å². The largest absolute Gasteiger partial charge is 0.325 e. The van der Waals surface area contributed by atoms with E-state index in [0.29, 0.717) is 20.8 Å². The van der Waals surface area contributed by atoms with Crippen molar-refractivity contribution in [2.45, 2.75) is 31.2 Å². The lowest BCUT2D eigenvalue weighted by molar-refractivity contribution is -0.115. The summed E-state index contributed by atoms with van der Waals surface area (Å²) in [7, 11) is 0. The van der Waals surface area contributed by atoms with E-state index in [1.807, 2.05) is 39.0 Å². The fourth-order valence-corrected chi connectivity index (χ4v) is 3.76. The Labute approximate surface area is 159 Å². The molecule has 1 aromatic carbocycles. The maximum Gasteiger partial charge on any atom is 0.237 e. The normalized spacial score (nSPS) is 12.4. The summed E-state index contributed by atoms with van der Waals surface area (Å²) in [6.07, 6.45) is 1.68. The first-order chi connectivity index (χ1) is 11.9. The lowest BCUT2D eigenvalue weighted by Crippen LogP contribution is -2.23. The lowest BCUT2D eigenvalue weighted by atomic mass is 10.1. The van der Waals surface area contributed by atoms with Gasteiger partial charge in [-0.15, -0.1) is 10.2 Å². The third-order valence-electron chi connectivity index (χ3n) is 3.78. The van der Waals surface area contributed by atoms with Crippen LogP contribution in [0.1, 0.15) is 18.1 Å². The molecule has 0 aliphatic rings. The van der Waals surface area contributed by atoms with Crippen molar-refractivity contribution in [3.05, 3.63) is 51.6 Å². The minimum absolute atomic E-state index is 0.104. The number of fused-ring (bicyclic) bond motifs is 1. The van der Waals surface area contributed by atoms with Gasteiger partial charge < -0.3 is 5.32 Å². The Kier molecular flexibility index (Phi) is 5.22. The molecule has 3 rings (SSSR count). The summed E-state index contributed by atoms with van der Waals surface area (Å²) in [5, 5.41) is 12.2. The van der Waals surface area contributed by atoms with Crippen molar-refractivity contribution >= 4 is 52.2 Å². The number of benzene rings is 1. The van der Waals surface area contributed by atoms with Crippen molar-refractivity contribution in [2.75, 3.05) is 5.32 Å². The van der Waals surface area contributed by atoms with Gasteiger partial charge in [-0.05, 0) is 38.0 Å². The second-order valence-electron chi connectivity index (χ2n) is 5.70. The highest BCUT2D eigenvalue weighted by Crippen LogP contribution is 2.28. The molecule has 5 nitrogen and oxygen atoms in total. The van der Waals surface area contributed by atoms with Gasteiger partial charge in [-0.3, -0.25) is 9.20 Å². The summed E-state index contributed by atoms with van der Waals surface area (Å²) < 4.78 is 1.69. The van der Waals surface area contributed by atoms with Gasteiger partial charge in [0.25, 0.3) is 0 Å². The smallest absolute Gasteiger partial charge is 0.237 e. The molecular weight excluding hydrogens is 379 g/mol. The van der Waals surface area contributed by atoms with Crippen LogP contribution in [0, 0.1) is 13.8 Å². The molecule has 0 fully saturated rings. The minimum atomic E-state index is -0.371. The second kappa shape index (κ2) is 7.23. The third kappa shape index (κ3) is 3.76. The molecule has 1 atom stereocenters. The van der Waals surface area contributed by atoms with Gasteiger partial charge in [-0.25, -0.2) is 0 Å². The molecule has 0 saturated heterocycles. The molecule has 0 saturated carbocycles. The third-order valence-corrected chi connectivity index (χ3v) is 5.32. The Hall–Kier alpha value is -1.76. The van der Waals surface area contributed by atoms with Crippen LogP contribution in [0.25, 0.3) is 5.65 Å². The number of thioether (sulfide) groups is 1. The van der Waals surface area contributed by atoms with E-state index < -0.39 is 0 Å². The average molecular weight is 395 g/mol. The standard InChI is InChI=1S/C17H16Cl2N4OS/c1-9-5-4-6-10(2)14(9)20-16(24)11(3)25-17-22-21-15-13(19)7-12(18)8-23(15)17/h4-8,11H,1-3H3,(H,20,24)/t11-/m1/s1. The number of aromatic nitrogens is 3. The van der Waals surface area contributed by atoms with Gasteiger partial charge in [0.1, 0.15) is 0 Å². The molecular formula is C17H16Cl2N4OS. The van der Waals surface area contributed by atoms with Gasteiger partial charge >= 0.3 is 0 Å². The van der Waals surface area contributed by atoms with Crippen molar-refractivity contribution in [2.24, 2.45) is 0 Å². The van der Waals surface area contributed by atoms with Crippen LogP contribution in [0.2, 0.25) is 10.0 Å². The van der Waals surface area contributed by atoms with Gasteiger partial charge in [0.2, 0.25) is 5.91 Å². The molecule has 25 heavy (non-hydrogen) atoms. The molecule has 2 heterocycles. The van der Waals surface area contributed by atoms with E-state index in [0.717, 1.165) is 16.8 Å². The molecule has 2 aromatic heterocycles. The summed E-state index contributed by atoms with van der Waals surface area (Å²) in [4.78, 5) is 12.6. The Morgan fingerprint density at radius 2 is 1.92 bits per heavy atom. The van der Waals surface area contributed by atoms with E-state index in [4.69, 9.17) is 23.2 Å². The zero-order valence-electron chi connectivity index (χ0n) is 13.9. The predicted molar refractivity (Wildman–Crippen MR) is 103 cm³/mol. The number of nitrogens with one attached hydrogen (secondary N) is 1. The molecule has 0 unspecified atom stereocenters. The van der Waals surface area contributed by atoms with Crippen LogP contribution in [0.5, 0.6) is 0 Å². The number of carbonyl (C=O) groups is 1. The van der Waals surface area contributed by atoms with E-state index in [1.54, 1.807) is 16.7 Å². The Morgan fingerprint density at radius 3 is 2.60 bits per heavy atom. The highest BCUT2D eigenvalue weighted by molar-refractivity contribution is 8.00. The molecule has 0 bridgehead atoms. The molecule has 0 radical (unpaired) electrons. The Morgan fingerprint density at radius 1 is 1.24 bits per heavy atom. The number of nitrogens with zero attached hydrogens (tertiary/aromatic N) is 3. The van der Waals surface area contributed by atoms with Crippen LogP contribution in [0.15, 0.2) is 35.6 Å². The monoisotopic (exact) mass is 394 g/mol. The summed E-state index contributed by atoms with van der Waals surface area (Å²) in [5.74, 6) is -0.104. The zero-order chi connectivity index (χ0) is 18.1. The fourth-order valence-electron chi connectivity index (χ4n) is 2.43. The zero-order valence-corrected chi connectivity index (χ0v) is 16.2. The first-order valence-electron chi connectivity index (χ1n) is 7.60. The summed E-state index contributed by atoms with van der Waals surface area (Å²) in [5.41, 5.74) is 3.40. The number of hydrogen-bond donors (Lipinski definition) is 1. The second-order valence-corrected chi connectivity index (χ2v) is 7.85. The van der Waals surface area contributed by atoms with Gasteiger partial charge in [-0.1, -0.05) is 53.2 Å². The maximum atomic E-state index is 12.6. The Bertz CT molecular complexity index is 937. The number of rotatable bonds is 4. The van der Waals surface area contributed by atoms with Gasteiger partial charge in [0.05, 0.1) is 15.3 Å². The topological polar surface area (TPSA) is 59.3 Å². The van der Waals surface area contributed by atoms with E-state index >= 15 is 0 Å². The number of pyridine rings is 1. The number of aryl methyl sites for hydroxylation is 2. The van der Waals surface area contributed by atoms with Crippen LogP contribution in [0.4, 0.5) is 5.69 Å². The SMILES string of the molecule is Cc1cccc(C)c1NC(=O)[C@@H](C)Sc1nnc2c(Cl)cc(Cl)cn12. The van der Waals surface area contributed by atoms with E-state index in [1.165, 1.54) is 11.8 Å². The minimum Gasteiger partial charge on any atom is -0.325 e. The summed E-state index contributed by atoms with van der Waals surface area (Å²) in [6.45, 7) is 5.76. The predicted octanol–water partition coefficient (Wildman–Crippen LogP) is 4.77. The first kappa shape index (κ1) is 18.0. The highest BCUT2D eigenvalue weighted by Gasteiger charge is 2.20. The fraction of sp³-hybridized carbons (Fsp3) is 0.235. The average Bonchev–Trinajstić information content (AvgIpc) is 2.94. The van der Waals surface area contributed by atoms with Gasteiger partial charge in [0, 0.05) is 11.9 Å². The van der Waals surface area contributed by atoms with E-state index in [-0.39, 0.29) is 11.2 Å². The molecule has 130 valence electrons. The summed E-state index contributed by atoms with van der Waals surface area (Å²) in [6, 6.07) is 7.51. The van der Waals surface area contributed by atoms with Crippen LogP contribution in [0.3, 0.4) is 0 Å². The molecule has 0 aliphatic carbocycles. The molecule has 0 aliphatic heterocycles. The molecule has 0 spiro atoms. The number of amides is 1. The van der Waals surface area contributed by atoms with Crippen LogP contribution in [-0.2, 0) is 4.79 Å². The van der Waals surface area contributed by atoms with Gasteiger partial charge in [0.15, 0.2) is 10.8 Å². The molecule has 1 N–H and O–H groups in total. The van der Waals surface area contributed by atoms with Crippen LogP contribution in [-0.4, -0.2) is 25.8 Å². The lowest BCUT2D eigenvalue weighted by Gasteiger charge is -2.14. The molecule has 8 heteroatoms. The number of carbonyl (C=O) groups excluding carboxylic acids is 1.